The molecular weight excluding hydrogens is 258 g/mol. The Morgan fingerprint density at radius 1 is 1.71 bits per heavy atom. The Morgan fingerprint density at radius 3 is 3.06 bits per heavy atom. The van der Waals surface area contributed by atoms with E-state index in [9.17, 15) is 4.79 Å². The van der Waals surface area contributed by atoms with E-state index >= 15 is 0 Å². The van der Waals surface area contributed by atoms with E-state index in [1.54, 1.807) is 0 Å². The second-order valence-corrected chi connectivity index (χ2v) is 5.57. The van der Waals surface area contributed by atoms with Crippen LogP contribution in [0.4, 0.5) is 0 Å². The van der Waals surface area contributed by atoms with Crippen molar-refractivity contribution in [3.63, 3.8) is 0 Å². The molecule has 17 heavy (non-hydrogen) atoms. The molecule has 94 valence electrons. The Labute approximate surface area is 110 Å². The summed E-state index contributed by atoms with van der Waals surface area (Å²) in [6, 6.07) is 2.09. The molecule has 0 N–H and O–H groups in total. The van der Waals surface area contributed by atoms with Gasteiger partial charge in [0.25, 0.3) is 5.91 Å². The molecule has 2 heterocycles. The van der Waals surface area contributed by atoms with E-state index in [0.717, 1.165) is 10.4 Å². The largest absolute Gasteiger partial charge is 0.373 e. The molecule has 0 bridgehead atoms. The summed E-state index contributed by atoms with van der Waals surface area (Å²) in [6.45, 7) is 5.12. The van der Waals surface area contributed by atoms with Crippen molar-refractivity contribution in [1.82, 2.24) is 4.90 Å². The summed E-state index contributed by atoms with van der Waals surface area (Å²) < 4.78 is 5.54. The SMILES string of the molecule is Cc1ccsc1C(=O)N1CC(CCl)OCC1C. The van der Waals surface area contributed by atoms with E-state index in [0.29, 0.717) is 19.0 Å². The molecular formula is C12H16ClNO2S. The second-order valence-electron chi connectivity index (χ2n) is 4.35. The number of carbonyl (C=O) groups excluding carboxylic acids is 1. The number of alkyl halides is 1. The van der Waals surface area contributed by atoms with Gasteiger partial charge in [-0.2, -0.15) is 0 Å². The molecule has 1 aromatic rings. The van der Waals surface area contributed by atoms with Crippen molar-refractivity contribution in [2.45, 2.75) is 26.0 Å². The first-order valence-corrected chi connectivity index (χ1v) is 7.07. The van der Waals surface area contributed by atoms with Gasteiger partial charge in [-0.05, 0) is 30.9 Å². The number of nitrogens with zero attached hydrogens (tertiary/aromatic N) is 1. The minimum Gasteiger partial charge on any atom is -0.373 e. The smallest absolute Gasteiger partial charge is 0.264 e. The van der Waals surface area contributed by atoms with Crippen LogP contribution >= 0.6 is 22.9 Å². The summed E-state index contributed by atoms with van der Waals surface area (Å²) in [7, 11) is 0. The molecule has 1 amide bonds. The zero-order valence-corrected chi connectivity index (χ0v) is 11.6. The van der Waals surface area contributed by atoms with Crippen molar-refractivity contribution in [2.75, 3.05) is 19.0 Å². The zero-order chi connectivity index (χ0) is 12.4. The van der Waals surface area contributed by atoms with Crippen molar-refractivity contribution in [3.05, 3.63) is 21.9 Å². The van der Waals surface area contributed by atoms with E-state index in [-0.39, 0.29) is 18.1 Å². The van der Waals surface area contributed by atoms with Crippen molar-refractivity contribution in [3.8, 4) is 0 Å². The van der Waals surface area contributed by atoms with Crippen molar-refractivity contribution in [2.24, 2.45) is 0 Å². The first kappa shape index (κ1) is 12.9. The van der Waals surface area contributed by atoms with Crippen LogP contribution in [0.2, 0.25) is 0 Å². The Hall–Kier alpha value is -0.580. The van der Waals surface area contributed by atoms with Crippen LogP contribution in [-0.4, -0.2) is 42.0 Å². The van der Waals surface area contributed by atoms with Crippen LogP contribution in [0.3, 0.4) is 0 Å². The van der Waals surface area contributed by atoms with Gasteiger partial charge in [0.1, 0.15) is 0 Å². The number of rotatable bonds is 2. The first-order valence-electron chi connectivity index (χ1n) is 5.66. The highest BCUT2D eigenvalue weighted by Gasteiger charge is 2.30. The highest BCUT2D eigenvalue weighted by molar-refractivity contribution is 7.12. The molecule has 0 aliphatic carbocycles. The van der Waals surface area contributed by atoms with Gasteiger partial charge >= 0.3 is 0 Å². The van der Waals surface area contributed by atoms with Gasteiger partial charge < -0.3 is 9.64 Å². The Morgan fingerprint density at radius 2 is 2.47 bits per heavy atom. The van der Waals surface area contributed by atoms with Crippen molar-refractivity contribution < 1.29 is 9.53 Å². The van der Waals surface area contributed by atoms with Gasteiger partial charge in [-0.15, -0.1) is 22.9 Å². The minimum absolute atomic E-state index is 0.0444. The lowest BCUT2D eigenvalue weighted by molar-refractivity contribution is -0.0370. The lowest BCUT2D eigenvalue weighted by Crippen LogP contribution is -2.51. The first-order chi connectivity index (χ1) is 8.13. The van der Waals surface area contributed by atoms with Crippen LogP contribution in [0.5, 0.6) is 0 Å². The van der Waals surface area contributed by atoms with E-state index in [1.165, 1.54) is 11.3 Å². The molecule has 2 unspecified atom stereocenters. The summed E-state index contributed by atoms with van der Waals surface area (Å²) in [6.07, 6.45) is -0.0444. The number of halogens is 1. The number of aryl methyl sites for hydroxylation is 1. The molecule has 0 saturated carbocycles. The van der Waals surface area contributed by atoms with E-state index in [2.05, 4.69) is 0 Å². The third-order valence-electron chi connectivity index (χ3n) is 2.99. The highest BCUT2D eigenvalue weighted by atomic mass is 35.5. The molecule has 2 rings (SSSR count). The van der Waals surface area contributed by atoms with Gasteiger partial charge in [-0.25, -0.2) is 0 Å². The maximum atomic E-state index is 12.4. The Kier molecular flexibility index (Phi) is 4.07. The van der Waals surface area contributed by atoms with Crippen LogP contribution in [0.25, 0.3) is 0 Å². The third-order valence-corrected chi connectivity index (χ3v) is 4.34. The summed E-state index contributed by atoms with van der Waals surface area (Å²) in [5, 5.41) is 1.95. The highest BCUT2D eigenvalue weighted by Crippen LogP contribution is 2.22. The van der Waals surface area contributed by atoms with Crippen LogP contribution < -0.4 is 0 Å². The molecule has 5 heteroatoms. The van der Waals surface area contributed by atoms with E-state index < -0.39 is 0 Å². The molecule has 3 nitrogen and oxygen atoms in total. The van der Waals surface area contributed by atoms with Crippen molar-refractivity contribution in [1.29, 1.82) is 0 Å². The summed E-state index contributed by atoms with van der Waals surface area (Å²) in [5.41, 5.74) is 1.04. The molecule has 1 fully saturated rings. The number of thiophene rings is 1. The maximum absolute atomic E-state index is 12.4. The van der Waals surface area contributed by atoms with Gasteiger partial charge in [-0.1, -0.05) is 0 Å². The van der Waals surface area contributed by atoms with Gasteiger partial charge in [0, 0.05) is 6.54 Å². The fourth-order valence-corrected chi connectivity index (χ4v) is 2.98. The van der Waals surface area contributed by atoms with E-state index in [4.69, 9.17) is 16.3 Å². The van der Waals surface area contributed by atoms with Crippen LogP contribution in [0.1, 0.15) is 22.2 Å². The molecule has 1 saturated heterocycles. The molecule has 0 radical (unpaired) electrons. The summed E-state index contributed by atoms with van der Waals surface area (Å²) in [5.74, 6) is 0.531. The number of morpholine rings is 1. The van der Waals surface area contributed by atoms with E-state index in [1.807, 2.05) is 30.2 Å². The van der Waals surface area contributed by atoms with Gasteiger partial charge in [-0.3, -0.25) is 4.79 Å². The van der Waals surface area contributed by atoms with Crippen molar-refractivity contribution >= 4 is 28.8 Å². The van der Waals surface area contributed by atoms with Crippen LogP contribution in [0.15, 0.2) is 11.4 Å². The van der Waals surface area contributed by atoms with Crippen LogP contribution in [-0.2, 0) is 4.74 Å². The standard InChI is InChI=1S/C12H16ClNO2S/c1-8-3-4-17-11(8)12(15)14-6-10(5-13)16-7-9(14)2/h3-4,9-10H,5-7H2,1-2H3. The average molecular weight is 274 g/mol. The quantitative estimate of drug-likeness (QED) is 0.775. The summed E-state index contributed by atoms with van der Waals surface area (Å²) in [4.78, 5) is 15.1. The van der Waals surface area contributed by atoms with Gasteiger partial charge in [0.05, 0.1) is 29.5 Å². The fourth-order valence-electron chi connectivity index (χ4n) is 1.92. The molecule has 1 aliphatic rings. The summed E-state index contributed by atoms with van der Waals surface area (Å²) >= 11 is 7.29. The third kappa shape index (κ3) is 2.64. The maximum Gasteiger partial charge on any atom is 0.264 e. The van der Waals surface area contributed by atoms with Gasteiger partial charge in [0.15, 0.2) is 0 Å². The predicted molar refractivity (Wildman–Crippen MR) is 70.0 cm³/mol. The topological polar surface area (TPSA) is 29.5 Å². The lowest BCUT2D eigenvalue weighted by Gasteiger charge is -2.37. The molecule has 0 aromatic carbocycles. The minimum atomic E-state index is -0.0444. The average Bonchev–Trinajstić information content (AvgIpc) is 2.75. The Bertz CT molecular complexity index is 407. The zero-order valence-electron chi connectivity index (χ0n) is 9.98. The Balaban J connectivity index is 2.15. The normalized spacial score (nSPS) is 25.0. The number of amides is 1. The van der Waals surface area contributed by atoms with Gasteiger partial charge in [0.2, 0.25) is 0 Å². The molecule has 2 atom stereocenters. The molecule has 0 spiro atoms. The van der Waals surface area contributed by atoms with Crippen LogP contribution in [0, 0.1) is 6.92 Å². The molecule has 1 aromatic heterocycles. The second kappa shape index (κ2) is 5.38. The number of ether oxygens (including phenoxy) is 1. The number of hydrogen-bond acceptors (Lipinski definition) is 3. The fraction of sp³-hybridized carbons (Fsp3) is 0.583. The molecule has 1 aliphatic heterocycles. The number of carbonyl (C=O) groups is 1. The number of hydrogen-bond donors (Lipinski definition) is 0. The monoisotopic (exact) mass is 273 g/mol. The lowest BCUT2D eigenvalue weighted by atomic mass is 10.1. The predicted octanol–water partition coefficient (Wildman–Crippen LogP) is 2.52.